The van der Waals surface area contributed by atoms with Crippen LogP contribution >= 0.6 is 23.2 Å². The van der Waals surface area contributed by atoms with Gasteiger partial charge in [-0.15, -0.1) is 0 Å². The van der Waals surface area contributed by atoms with Crippen LogP contribution in [0.4, 0.5) is 0 Å². The van der Waals surface area contributed by atoms with Crippen molar-refractivity contribution in [3.8, 4) is 0 Å². The summed E-state index contributed by atoms with van der Waals surface area (Å²) in [4.78, 5) is 18.9. The van der Waals surface area contributed by atoms with Crippen LogP contribution < -0.4 is 0 Å². The van der Waals surface area contributed by atoms with E-state index in [1.54, 1.807) is 23.1 Å². The van der Waals surface area contributed by atoms with E-state index in [0.717, 1.165) is 5.56 Å². The first kappa shape index (κ1) is 18.0. The van der Waals surface area contributed by atoms with Gasteiger partial charge in [-0.05, 0) is 25.0 Å². The van der Waals surface area contributed by atoms with E-state index < -0.39 is 0 Å². The number of amides is 1. The number of nitrogens with zero attached hydrogens (tertiary/aromatic N) is 2. The number of carbonyl (C=O) groups is 1. The molecule has 1 aromatic rings. The first-order valence-corrected chi connectivity index (χ1v) is 8.28. The summed E-state index contributed by atoms with van der Waals surface area (Å²) in [5.41, 5.74) is 1.43. The number of carbonyl (C=O) groups excluding carboxylic acids is 1. The van der Waals surface area contributed by atoms with Gasteiger partial charge in [-0.2, -0.15) is 0 Å². The van der Waals surface area contributed by atoms with Crippen molar-refractivity contribution >= 4 is 34.8 Å². The van der Waals surface area contributed by atoms with Crippen LogP contribution in [0.2, 0.25) is 10.0 Å². The molecule has 7 heteroatoms. The molecule has 0 aromatic heterocycles. The van der Waals surface area contributed by atoms with Crippen molar-refractivity contribution in [3.63, 3.8) is 0 Å². The largest absolute Gasteiger partial charge is 0.399 e. The third-order valence-electron chi connectivity index (χ3n) is 3.85. The van der Waals surface area contributed by atoms with Gasteiger partial charge in [0.1, 0.15) is 7.11 Å². The molecule has 1 aliphatic rings. The van der Waals surface area contributed by atoms with Gasteiger partial charge in [-0.1, -0.05) is 34.4 Å². The average Bonchev–Trinajstić information content (AvgIpc) is 2.54. The van der Waals surface area contributed by atoms with Gasteiger partial charge in [0.05, 0.1) is 21.9 Å². The number of hydrogen-bond acceptors (Lipinski definition) is 4. The molecule has 0 spiro atoms. The zero-order chi connectivity index (χ0) is 16.8. The van der Waals surface area contributed by atoms with Crippen molar-refractivity contribution < 1.29 is 14.7 Å². The predicted molar refractivity (Wildman–Crippen MR) is 91.1 cm³/mol. The first-order valence-electron chi connectivity index (χ1n) is 7.52. The first-order chi connectivity index (χ1) is 11.0. The van der Waals surface area contributed by atoms with Gasteiger partial charge in [0.2, 0.25) is 5.91 Å². The minimum Gasteiger partial charge on any atom is -0.399 e. The number of piperidine rings is 1. The Morgan fingerprint density at radius 3 is 2.61 bits per heavy atom. The highest BCUT2D eigenvalue weighted by Gasteiger charge is 2.21. The molecular formula is C16H20Cl2N2O3. The Morgan fingerprint density at radius 1 is 1.30 bits per heavy atom. The number of aliphatic hydroxyl groups is 1. The van der Waals surface area contributed by atoms with Crippen LogP contribution in [0.5, 0.6) is 0 Å². The van der Waals surface area contributed by atoms with Crippen molar-refractivity contribution in [2.45, 2.75) is 31.8 Å². The Balaban J connectivity index is 1.98. The molecule has 0 aliphatic carbocycles. The van der Waals surface area contributed by atoms with Crippen LogP contribution in [0, 0.1) is 0 Å². The second-order valence-corrected chi connectivity index (χ2v) is 6.28. The van der Waals surface area contributed by atoms with Crippen LogP contribution in [0.3, 0.4) is 0 Å². The maximum atomic E-state index is 12.3. The molecule has 1 saturated heterocycles. The lowest BCUT2D eigenvalue weighted by molar-refractivity contribution is -0.133. The summed E-state index contributed by atoms with van der Waals surface area (Å²) < 4.78 is 0. The fourth-order valence-electron chi connectivity index (χ4n) is 2.53. The Hall–Kier alpha value is -1.30. The molecule has 5 nitrogen and oxygen atoms in total. The Bertz CT molecular complexity index is 585. The number of hydrogen-bond donors (Lipinski definition) is 1. The number of rotatable bonds is 5. The van der Waals surface area contributed by atoms with E-state index in [1.165, 1.54) is 7.11 Å². The van der Waals surface area contributed by atoms with Crippen LogP contribution in [0.15, 0.2) is 23.4 Å². The molecule has 2 rings (SSSR count). The minimum atomic E-state index is -0.291. The van der Waals surface area contributed by atoms with E-state index in [-0.39, 0.29) is 12.0 Å². The van der Waals surface area contributed by atoms with Crippen molar-refractivity contribution in [1.82, 2.24) is 4.90 Å². The van der Waals surface area contributed by atoms with Crippen LogP contribution in [0.1, 0.15) is 31.2 Å². The lowest BCUT2D eigenvalue weighted by atomic mass is 10.0. The summed E-state index contributed by atoms with van der Waals surface area (Å²) in [5, 5.41) is 14.4. The van der Waals surface area contributed by atoms with Gasteiger partial charge >= 0.3 is 0 Å². The zero-order valence-corrected chi connectivity index (χ0v) is 14.5. The molecule has 0 unspecified atom stereocenters. The smallest absolute Gasteiger partial charge is 0.222 e. The molecule has 1 N–H and O–H groups in total. The SMILES string of the molecule is CO/N=C(\CCC(=O)N1CCC(O)CC1)c1ccc(Cl)c(Cl)c1. The topological polar surface area (TPSA) is 62.1 Å². The minimum absolute atomic E-state index is 0.0563. The second-order valence-electron chi connectivity index (χ2n) is 5.46. The molecule has 1 heterocycles. The van der Waals surface area contributed by atoms with Gasteiger partial charge in [0.15, 0.2) is 0 Å². The van der Waals surface area contributed by atoms with E-state index in [9.17, 15) is 9.90 Å². The third-order valence-corrected chi connectivity index (χ3v) is 4.59. The normalized spacial score (nSPS) is 16.5. The molecule has 23 heavy (non-hydrogen) atoms. The molecule has 0 radical (unpaired) electrons. The molecule has 1 fully saturated rings. The summed E-state index contributed by atoms with van der Waals surface area (Å²) in [5.74, 6) is 0.0563. The lowest BCUT2D eigenvalue weighted by Crippen LogP contribution is -2.40. The number of oxime groups is 1. The molecular weight excluding hydrogens is 339 g/mol. The number of aliphatic hydroxyl groups excluding tert-OH is 1. The van der Waals surface area contributed by atoms with E-state index >= 15 is 0 Å². The van der Waals surface area contributed by atoms with Crippen molar-refractivity contribution in [2.75, 3.05) is 20.2 Å². The van der Waals surface area contributed by atoms with Crippen molar-refractivity contribution in [1.29, 1.82) is 0 Å². The standard InChI is InChI=1S/C16H20Cl2N2O3/c1-23-19-15(11-2-3-13(17)14(18)10-11)4-5-16(22)20-8-6-12(21)7-9-20/h2-3,10,12,21H,4-9H2,1H3/b19-15+. The molecule has 0 atom stereocenters. The summed E-state index contributed by atoms with van der Waals surface area (Å²) >= 11 is 11.9. The molecule has 126 valence electrons. The number of benzene rings is 1. The highest BCUT2D eigenvalue weighted by molar-refractivity contribution is 6.42. The van der Waals surface area contributed by atoms with Crippen LogP contribution in [-0.2, 0) is 9.63 Å². The van der Waals surface area contributed by atoms with E-state index in [1.807, 2.05) is 0 Å². The fourth-order valence-corrected chi connectivity index (χ4v) is 2.83. The van der Waals surface area contributed by atoms with E-state index in [2.05, 4.69) is 5.16 Å². The van der Waals surface area contributed by atoms with Crippen LogP contribution in [-0.4, -0.2) is 47.9 Å². The second kappa shape index (κ2) is 8.52. The Morgan fingerprint density at radius 2 is 2.00 bits per heavy atom. The predicted octanol–water partition coefficient (Wildman–Crippen LogP) is 3.11. The highest BCUT2D eigenvalue weighted by Crippen LogP contribution is 2.24. The molecule has 1 amide bonds. The Kier molecular flexibility index (Phi) is 6.69. The number of halogens is 2. The monoisotopic (exact) mass is 358 g/mol. The van der Waals surface area contributed by atoms with Gasteiger partial charge in [0.25, 0.3) is 0 Å². The van der Waals surface area contributed by atoms with Gasteiger partial charge in [-0.25, -0.2) is 0 Å². The lowest BCUT2D eigenvalue weighted by Gasteiger charge is -2.29. The van der Waals surface area contributed by atoms with E-state index in [4.69, 9.17) is 28.0 Å². The quantitative estimate of drug-likeness (QED) is 0.649. The van der Waals surface area contributed by atoms with Crippen molar-refractivity contribution in [2.24, 2.45) is 5.16 Å². The fraction of sp³-hybridized carbons (Fsp3) is 0.500. The average molecular weight is 359 g/mol. The zero-order valence-electron chi connectivity index (χ0n) is 13.0. The third kappa shape index (κ3) is 5.09. The summed E-state index contributed by atoms with van der Waals surface area (Å²) in [7, 11) is 1.46. The Labute approximate surface area is 145 Å². The van der Waals surface area contributed by atoms with Crippen LogP contribution in [0.25, 0.3) is 0 Å². The van der Waals surface area contributed by atoms with Gasteiger partial charge in [0, 0.05) is 31.5 Å². The summed E-state index contributed by atoms with van der Waals surface area (Å²) in [6, 6.07) is 5.20. The van der Waals surface area contributed by atoms with Gasteiger partial charge < -0.3 is 14.8 Å². The molecule has 1 aromatic carbocycles. The van der Waals surface area contributed by atoms with E-state index in [0.29, 0.717) is 54.5 Å². The molecule has 1 aliphatic heterocycles. The van der Waals surface area contributed by atoms with Crippen molar-refractivity contribution in [3.05, 3.63) is 33.8 Å². The summed E-state index contributed by atoms with van der Waals surface area (Å²) in [6.45, 7) is 1.20. The summed E-state index contributed by atoms with van der Waals surface area (Å²) in [6.07, 6.45) is 1.76. The molecule has 0 saturated carbocycles. The highest BCUT2D eigenvalue weighted by atomic mass is 35.5. The molecule has 0 bridgehead atoms. The number of likely N-dealkylation sites (tertiary alicyclic amines) is 1. The van der Waals surface area contributed by atoms with Gasteiger partial charge in [-0.3, -0.25) is 4.79 Å². The maximum Gasteiger partial charge on any atom is 0.222 e. The maximum absolute atomic E-state index is 12.3.